The van der Waals surface area contributed by atoms with Crippen molar-refractivity contribution in [2.75, 3.05) is 13.1 Å². The van der Waals surface area contributed by atoms with E-state index < -0.39 is 0 Å². The van der Waals surface area contributed by atoms with Crippen LogP contribution in [0.2, 0.25) is 0 Å². The van der Waals surface area contributed by atoms with Gasteiger partial charge in [0.1, 0.15) is 0 Å². The summed E-state index contributed by atoms with van der Waals surface area (Å²) < 4.78 is 1.81. The highest BCUT2D eigenvalue weighted by atomic mass is 32.1. The molecule has 2 heterocycles. The molecule has 2 aromatic heterocycles. The van der Waals surface area contributed by atoms with Crippen molar-refractivity contribution in [2.24, 2.45) is 5.73 Å². The molecule has 0 unspecified atom stereocenters. The highest BCUT2D eigenvalue weighted by Gasteiger charge is 2.07. The Bertz CT molecular complexity index is 647. The van der Waals surface area contributed by atoms with Crippen LogP contribution in [0.1, 0.15) is 20.8 Å². The monoisotopic (exact) mass is 288 g/mol. The summed E-state index contributed by atoms with van der Waals surface area (Å²) in [5, 5.41) is 8.82. The van der Waals surface area contributed by atoms with E-state index in [2.05, 4.69) is 22.3 Å². The van der Waals surface area contributed by atoms with Gasteiger partial charge in [0, 0.05) is 18.1 Å². The Kier molecular flexibility index (Phi) is 4.93. The van der Waals surface area contributed by atoms with Crippen LogP contribution in [0.25, 0.3) is 0 Å². The molecule has 0 aliphatic carbocycles. The van der Waals surface area contributed by atoms with Gasteiger partial charge in [0.05, 0.1) is 29.7 Å². The number of hydrogen-bond acceptors (Lipinski definition) is 4. The first kappa shape index (κ1) is 14.3. The van der Waals surface area contributed by atoms with Gasteiger partial charge in [0.25, 0.3) is 5.91 Å². The van der Waals surface area contributed by atoms with Gasteiger partial charge in [-0.25, -0.2) is 0 Å². The average molecular weight is 288 g/mol. The zero-order chi connectivity index (χ0) is 14.4. The van der Waals surface area contributed by atoms with E-state index in [0.29, 0.717) is 25.2 Å². The van der Waals surface area contributed by atoms with Gasteiger partial charge < -0.3 is 11.1 Å². The fourth-order valence-corrected chi connectivity index (χ4v) is 2.39. The molecular formula is C14H16N4OS. The smallest absolute Gasteiger partial charge is 0.252 e. The van der Waals surface area contributed by atoms with Gasteiger partial charge in [-0.2, -0.15) is 5.10 Å². The van der Waals surface area contributed by atoms with Gasteiger partial charge in [-0.3, -0.25) is 9.48 Å². The molecule has 0 saturated heterocycles. The van der Waals surface area contributed by atoms with Crippen LogP contribution in [-0.4, -0.2) is 28.8 Å². The Morgan fingerprint density at radius 2 is 2.45 bits per heavy atom. The van der Waals surface area contributed by atoms with Crippen LogP contribution in [0.5, 0.6) is 0 Å². The first-order valence-electron chi connectivity index (χ1n) is 6.24. The fourth-order valence-electron chi connectivity index (χ4n) is 1.63. The van der Waals surface area contributed by atoms with E-state index in [1.165, 1.54) is 11.3 Å². The number of hydrogen-bond donors (Lipinski definition) is 2. The lowest BCUT2D eigenvalue weighted by Crippen LogP contribution is -2.26. The third-order valence-electron chi connectivity index (χ3n) is 2.56. The van der Waals surface area contributed by atoms with E-state index in [9.17, 15) is 4.79 Å². The minimum absolute atomic E-state index is 0.0917. The van der Waals surface area contributed by atoms with Crippen molar-refractivity contribution in [2.45, 2.75) is 13.5 Å². The van der Waals surface area contributed by atoms with Gasteiger partial charge in [0.2, 0.25) is 0 Å². The lowest BCUT2D eigenvalue weighted by molar-refractivity contribution is 0.0952. The van der Waals surface area contributed by atoms with Crippen molar-refractivity contribution in [3.05, 3.63) is 39.8 Å². The summed E-state index contributed by atoms with van der Waals surface area (Å²) in [6, 6.07) is 1.78. The van der Waals surface area contributed by atoms with E-state index in [0.717, 1.165) is 10.4 Å². The number of rotatable bonds is 4. The Morgan fingerprint density at radius 1 is 1.60 bits per heavy atom. The summed E-state index contributed by atoms with van der Waals surface area (Å²) in [4.78, 5) is 12.8. The van der Waals surface area contributed by atoms with Crippen molar-refractivity contribution in [1.29, 1.82) is 0 Å². The summed E-state index contributed by atoms with van der Waals surface area (Å²) >= 11 is 1.44. The first-order valence-corrected chi connectivity index (χ1v) is 7.11. The summed E-state index contributed by atoms with van der Waals surface area (Å²) in [5.74, 6) is 5.59. The standard InChI is InChI=1S/C14H16N4OS/c1-11-8-17-18(9-11)6-5-16-14(19)12-7-13(20-10-12)3-2-4-15/h7-10H,4-6,15H2,1H3,(H,16,19). The van der Waals surface area contributed by atoms with Gasteiger partial charge in [0.15, 0.2) is 0 Å². The molecule has 0 aliphatic heterocycles. The molecular weight excluding hydrogens is 272 g/mol. The quantitative estimate of drug-likeness (QED) is 0.824. The van der Waals surface area contributed by atoms with E-state index in [-0.39, 0.29) is 5.91 Å². The van der Waals surface area contributed by atoms with Gasteiger partial charge in [-0.15, -0.1) is 11.3 Å². The van der Waals surface area contributed by atoms with E-state index in [4.69, 9.17) is 5.73 Å². The minimum atomic E-state index is -0.0917. The maximum atomic E-state index is 11.9. The Labute approximate surface area is 121 Å². The molecule has 6 heteroatoms. The Balaban J connectivity index is 1.84. The third-order valence-corrected chi connectivity index (χ3v) is 3.41. The number of nitrogens with one attached hydrogen (secondary N) is 1. The van der Waals surface area contributed by atoms with E-state index >= 15 is 0 Å². The van der Waals surface area contributed by atoms with Crippen molar-refractivity contribution in [1.82, 2.24) is 15.1 Å². The van der Waals surface area contributed by atoms with Gasteiger partial charge in [-0.1, -0.05) is 11.8 Å². The molecule has 0 spiro atoms. The van der Waals surface area contributed by atoms with E-state index in [1.54, 1.807) is 22.3 Å². The molecule has 0 radical (unpaired) electrons. The molecule has 104 valence electrons. The summed E-state index contributed by atoms with van der Waals surface area (Å²) in [7, 11) is 0. The molecule has 5 nitrogen and oxygen atoms in total. The molecule has 0 bridgehead atoms. The Morgan fingerprint density at radius 3 is 3.15 bits per heavy atom. The molecule has 0 saturated carbocycles. The maximum absolute atomic E-state index is 11.9. The molecule has 2 aromatic rings. The molecule has 0 aromatic carbocycles. The van der Waals surface area contributed by atoms with Gasteiger partial charge >= 0.3 is 0 Å². The van der Waals surface area contributed by atoms with Crippen LogP contribution in [0.4, 0.5) is 0 Å². The zero-order valence-corrected chi connectivity index (χ0v) is 12.0. The highest BCUT2D eigenvalue weighted by molar-refractivity contribution is 7.10. The molecule has 0 fully saturated rings. The normalized spacial score (nSPS) is 9.90. The maximum Gasteiger partial charge on any atom is 0.252 e. The van der Waals surface area contributed by atoms with E-state index in [1.807, 2.05) is 13.1 Å². The van der Waals surface area contributed by atoms with Crippen molar-refractivity contribution in [3.63, 3.8) is 0 Å². The van der Waals surface area contributed by atoms with Crippen LogP contribution >= 0.6 is 11.3 Å². The van der Waals surface area contributed by atoms with Gasteiger partial charge in [-0.05, 0) is 18.6 Å². The lowest BCUT2D eigenvalue weighted by Gasteiger charge is -2.03. The van der Waals surface area contributed by atoms with Crippen molar-refractivity contribution >= 4 is 17.2 Å². The molecule has 2 rings (SSSR count). The van der Waals surface area contributed by atoms with Crippen LogP contribution in [-0.2, 0) is 6.54 Å². The number of carbonyl (C=O) groups excluding carboxylic acids is 1. The minimum Gasteiger partial charge on any atom is -0.350 e. The lowest BCUT2D eigenvalue weighted by atomic mass is 10.3. The number of aromatic nitrogens is 2. The number of aryl methyl sites for hydroxylation is 1. The second-order valence-corrected chi connectivity index (χ2v) is 5.15. The average Bonchev–Trinajstić information content (AvgIpc) is 3.05. The topological polar surface area (TPSA) is 72.9 Å². The molecule has 0 atom stereocenters. The summed E-state index contributed by atoms with van der Waals surface area (Å²) in [6.45, 7) is 3.50. The Hall–Kier alpha value is -2.10. The van der Waals surface area contributed by atoms with Crippen LogP contribution in [0.3, 0.4) is 0 Å². The summed E-state index contributed by atoms with van der Waals surface area (Å²) in [6.07, 6.45) is 3.74. The predicted octanol–water partition coefficient (Wildman–Crippen LogP) is 0.993. The number of amides is 1. The van der Waals surface area contributed by atoms with Crippen LogP contribution in [0.15, 0.2) is 23.8 Å². The fraction of sp³-hybridized carbons (Fsp3) is 0.286. The third kappa shape index (κ3) is 3.95. The molecule has 1 amide bonds. The molecule has 0 aliphatic rings. The number of carbonyl (C=O) groups is 1. The van der Waals surface area contributed by atoms with Crippen molar-refractivity contribution in [3.8, 4) is 11.8 Å². The molecule has 20 heavy (non-hydrogen) atoms. The SMILES string of the molecule is Cc1cnn(CCNC(=O)c2csc(C#CCN)c2)c1. The number of nitrogens with two attached hydrogens (primary N) is 1. The molecule has 3 N–H and O–H groups in total. The predicted molar refractivity (Wildman–Crippen MR) is 79.5 cm³/mol. The summed E-state index contributed by atoms with van der Waals surface area (Å²) in [5.41, 5.74) is 7.05. The number of thiophene rings is 1. The highest BCUT2D eigenvalue weighted by Crippen LogP contribution is 2.13. The van der Waals surface area contributed by atoms with Crippen molar-refractivity contribution < 1.29 is 4.79 Å². The van der Waals surface area contributed by atoms with Crippen LogP contribution in [0, 0.1) is 18.8 Å². The zero-order valence-electron chi connectivity index (χ0n) is 11.2. The van der Waals surface area contributed by atoms with Crippen LogP contribution < -0.4 is 11.1 Å². The second-order valence-electron chi connectivity index (χ2n) is 4.24. The second kappa shape index (κ2) is 6.89. The largest absolute Gasteiger partial charge is 0.350 e. The first-order chi connectivity index (χ1) is 9.69. The number of nitrogens with zero attached hydrogens (tertiary/aromatic N) is 2.